The van der Waals surface area contributed by atoms with E-state index in [1.807, 2.05) is 67.8 Å². The molecular formula is C22H21N3O2S. The molecule has 0 unspecified atom stereocenters. The Labute approximate surface area is 168 Å². The normalized spacial score (nSPS) is 16.9. The third-order valence-corrected chi connectivity index (χ3v) is 5.87. The number of amides is 3. The fraction of sp³-hybridized carbons (Fsp3) is 0.227. The summed E-state index contributed by atoms with van der Waals surface area (Å²) in [6.07, 6.45) is 0. The number of hydrogen-bond acceptors (Lipinski definition) is 4. The van der Waals surface area contributed by atoms with Gasteiger partial charge in [0.05, 0.1) is 12.2 Å². The Morgan fingerprint density at radius 3 is 2.21 bits per heavy atom. The van der Waals surface area contributed by atoms with Gasteiger partial charge in [0.25, 0.3) is 5.91 Å². The third kappa shape index (κ3) is 3.31. The van der Waals surface area contributed by atoms with Crippen molar-refractivity contribution in [2.24, 2.45) is 0 Å². The number of benzene rings is 2. The molecule has 1 aromatic heterocycles. The van der Waals surface area contributed by atoms with Gasteiger partial charge in [0.2, 0.25) is 0 Å². The van der Waals surface area contributed by atoms with E-state index >= 15 is 0 Å². The van der Waals surface area contributed by atoms with Gasteiger partial charge in [0.1, 0.15) is 11.0 Å². The molecule has 1 atom stereocenters. The zero-order valence-corrected chi connectivity index (χ0v) is 16.9. The molecule has 3 amide bonds. The van der Waals surface area contributed by atoms with Crippen LogP contribution in [0.3, 0.4) is 0 Å². The van der Waals surface area contributed by atoms with Crippen LogP contribution >= 0.6 is 11.3 Å². The van der Waals surface area contributed by atoms with Gasteiger partial charge in [-0.25, -0.2) is 9.78 Å². The van der Waals surface area contributed by atoms with Crippen molar-refractivity contribution in [3.8, 4) is 10.6 Å². The van der Waals surface area contributed by atoms with Gasteiger partial charge in [-0.1, -0.05) is 47.5 Å². The Kier molecular flexibility index (Phi) is 4.73. The highest BCUT2D eigenvalue weighted by molar-refractivity contribution is 7.13. The predicted octanol–water partition coefficient (Wildman–Crippen LogP) is 4.78. The number of rotatable bonds is 4. The monoisotopic (exact) mass is 391 g/mol. The van der Waals surface area contributed by atoms with Crippen molar-refractivity contribution in [2.75, 3.05) is 4.90 Å². The molecule has 0 bridgehead atoms. The van der Waals surface area contributed by atoms with Crippen LogP contribution in [0.5, 0.6) is 0 Å². The van der Waals surface area contributed by atoms with E-state index in [0.29, 0.717) is 0 Å². The minimum Gasteiger partial charge on any atom is -0.282 e. The van der Waals surface area contributed by atoms with E-state index in [1.165, 1.54) is 21.8 Å². The Hall–Kier alpha value is -2.99. The second-order valence-electron chi connectivity index (χ2n) is 7.10. The topological polar surface area (TPSA) is 53.5 Å². The Balaban J connectivity index is 1.55. The van der Waals surface area contributed by atoms with E-state index in [9.17, 15) is 9.59 Å². The number of imide groups is 1. The van der Waals surface area contributed by atoms with Gasteiger partial charge in [-0.15, -0.1) is 11.3 Å². The lowest BCUT2D eigenvalue weighted by atomic mass is 10.2. The highest BCUT2D eigenvalue weighted by Crippen LogP contribution is 2.29. The van der Waals surface area contributed by atoms with Crippen molar-refractivity contribution >= 4 is 29.0 Å². The summed E-state index contributed by atoms with van der Waals surface area (Å²) in [4.78, 5) is 33.1. The molecule has 2 heterocycles. The lowest BCUT2D eigenvalue weighted by Gasteiger charge is -2.19. The minimum atomic E-state index is -0.523. The zero-order chi connectivity index (χ0) is 19.8. The molecule has 4 rings (SSSR count). The smallest absolute Gasteiger partial charge is 0.282 e. The largest absolute Gasteiger partial charge is 0.332 e. The van der Waals surface area contributed by atoms with Crippen LogP contribution < -0.4 is 4.90 Å². The second-order valence-corrected chi connectivity index (χ2v) is 7.96. The molecule has 142 valence electrons. The summed E-state index contributed by atoms with van der Waals surface area (Å²) in [6, 6.07) is 15.0. The standard InChI is InChI=1S/C22H21N3O2S/c1-14-4-8-17(9-5-14)20-23-18(13-28-20)12-24-21(26)16(3)25(22(24)27)19-10-6-15(2)7-11-19/h4-11,13,16H,12H2,1-3H3/t16-/m0/s1. The highest BCUT2D eigenvalue weighted by atomic mass is 32.1. The maximum atomic E-state index is 12.9. The van der Waals surface area contributed by atoms with Gasteiger partial charge in [-0.05, 0) is 32.9 Å². The number of aromatic nitrogens is 1. The summed E-state index contributed by atoms with van der Waals surface area (Å²) in [7, 11) is 0. The van der Waals surface area contributed by atoms with Crippen LogP contribution in [0.15, 0.2) is 53.9 Å². The quantitative estimate of drug-likeness (QED) is 0.601. The molecule has 0 aliphatic carbocycles. The Bertz CT molecular complexity index is 1020. The van der Waals surface area contributed by atoms with Crippen LogP contribution in [-0.2, 0) is 11.3 Å². The molecular weight excluding hydrogens is 370 g/mol. The molecule has 0 spiro atoms. The van der Waals surface area contributed by atoms with Crippen molar-refractivity contribution in [3.63, 3.8) is 0 Å². The molecule has 1 saturated heterocycles. The van der Waals surface area contributed by atoms with Gasteiger partial charge in [0, 0.05) is 16.6 Å². The maximum Gasteiger partial charge on any atom is 0.332 e. The molecule has 3 aromatic rings. The number of hydrogen-bond donors (Lipinski definition) is 0. The number of nitrogens with zero attached hydrogens (tertiary/aromatic N) is 3. The fourth-order valence-corrected chi connectivity index (χ4v) is 4.10. The summed E-state index contributed by atoms with van der Waals surface area (Å²) in [5.74, 6) is -0.199. The van der Waals surface area contributed by atoms with E-state index < -0.39 is 6.04 Å². The number of carbonyl (C=O) groups is 2. The molecule has 5 nitrogen and oxygen atoms in total. The van der Waals surface area contributed by atoms with Crippen molar-refractivity contribution in [1.82, 2.24) is 9.88 Å². The Morgan fingerprint density at radius 1 is 0.964 bits per heavy atom. The lowest BCUT2D eigenvalue weighted by Crippen LogP contribution is -2.33. The zero-order valence-electron chi connectivity index (χ0n) is 16.0. The van der Waals surface area contributed by atoms with E-state index in [2.05, 4.69) is 4.98 Å². The number of aryl methyl sites for hydroxylation is 2. The van der Waals surface area contributed by atoms with Gasteiger partial charge in [-0.2, -0.15) is 0 Å². The first-order valence-electron chi connectivity index (χ1n) is 9.17. The summed E-state index contributed by atoms with van der Waals surface area (Å²) in [5, 5.41) is 2.80. The molecule has 0 radical (unpaired) electrons. The first-order valence-corrected chi connectivity index (χ1v) is 10.0. The molecule has 0 N–H and O–H groups in total. The van der Waals surface area contributed by atoms with E-state index in [0.717, 1.165) is 27.5 Å². The van der Waals surface area contributed by atoms with E-state index in [1.54, 1.807) is 11.8 Å². The van der Waals surface area contributed by atoms with Crippen LogP contribution in [0, 0.1) is 13.8 Å². The maximum absolute atomic E-state index is 12.9. The van der Waals surface area contributed by atoms with E-state index in [-0.39, 0.29) is 18.5 Å². The van der Waals surface area contributed by atoms with Crippen molar-refractivity contribution in [3.05, 3.63) is 70.7 Å². The third-order valence-electron chi connectivity index (χ3n) is 4.93. The summed E-state index contributed by atoms with van der Waals surface area (Å²) in [6.45, 7) is 5.98. The fourth-order valence-electron chi connectivity index (χ4n) is 3.28. The van der Waals surface area contributed by atoms with Gasteiger partial charge >= 0.3 is 6.03 Å². The summed E-state index contributed by atoms with van der Waals surface area (Å²) < 4.78 is 0. The van der Waals surface area contributed by atoms with Gasteiger partial charge in [-0.3, -0.25) is 14.6 Å². The molecule has 28 heavy (non-hydrogen) atoms. The predicted molar refractivity (Wildman–Crippen MR) is 111 cm³/mol. The lowest BCUT2D eigenvalue weighted by molar-refractivity contribution is -0.127. The second kappa shape index (κ2) is 7.20. The first kappa shape index (κ1) is 18.4. The molecule has 1 aliphatic heterocycles. The van der Waals surface area contributed by atoms with Crippen LogP contribution in [0.1, 0.15) is 23.7 Å². The van der Waals surface area contributed by atoms with Crippen LogP contribution in [0.25, 0.3) is 10.6 Å². The van der Waals surface area contributed by atoms with Crippen molar-refractivity contribution < 1.29 is 9.59 Å². The molecule has 2 aromatic carbocycles. The number of carbonyl (C=O) groups excluding carboxylic acids is 2. The van der Waals surface area contributed by atoms with Crippen LogP contribution in [0.2, 0.25) is 0 Å². The van der Waals surface area contributed by atoms with Crippen LogP contribution in [-0.4, -0.2) is 27.9 Å². The summed E-state index contributed by atoms with van der Waals surface area (Å²) >= 11 is 1.52. The average Bonchev–Trinajstić information content (AvgIpc) is 3.23. The summed E-state index contributed by atoms with van der Waals surface area (Å²) in [5.41, 5.74) is 4.80. The number of urea groups is 1. The van der Waals surface area contributed by atoms with Crippen molar-refractivity contribution in [2.45, 2.75) is 33.4 Å². The van der Waals surface area contributed by atoms with Gasteiger partial charge in [0.15, 0.2) is 0 Å². The molecule has 1 fully saturated rings. The Morgan fingerprint density at radius 2 is 1.57 bits per heavy atom. The first-order chi connectivity index (χ1) is 13.4. The van der Waals surface area contributed by atoms with Gasteiger partial charge < -0.3 is 0 Å². The van der Waals surface area contributed by atoms with E-state index in [4.69, 9.17) is 0 Å². The van der Waals surface area contributed by atoms with Crippen LogP contribution in [0.4, 0.5) is 10.5 Å². The molecule has 0 saturated carbocycles. The molecule has 1 aliphatic rings. The highest BCUT2D eigenvalue weighted by Gasteiger charge is 2.43. The van der Waals surface area contributed by atoms with Crippen molar-refractivity contribution in [1.29, 1.82) is 0 Å². The molecule has 6 heteroatoms. The minimum absolute atomic E-state index is 0.187. The number of anilines is 1. The average molecular weight is 391 g/mol. The SMILES string of the molecule is Cc1ccc(-c2nc(CN3C(=O)[C@H](C)N(c4ccc(C)cc4)C3=O)cs2)cc1. The number of thiazole rings is 1.